The SMILES string of the molecule is CCn1nc(C)cc1CC(N)C1CCC(C)(C)CC1. The molecule has 0 amide bonds. The van der Waals surface area contributed by atoms with Gasteiger partial charge in [-0.1, -0.05) is 13.8 Å². The molecule has 0 radical (unpaired) electrons. The Hall–Kier alpha value is -0.830. The Morgan fingerprint density at radius 3 is 2.63 bits per heavy atom. The first-order chi connectivity index (χ1) is 8.91. The van der Waals surface area contributed by atoms with Gasteiger partial charge in [0.25, 0.3) is 0 Å². The number of hydrogen-bond donors (Lipinski definition) is 1. The molecule has 2 N–H and O–H groups in total. The van der Waals surface area contributed by atoms with Crippen molar-refractivity contribution in [3.05, 3.63) is 17.5 Å². The average molecular weight is 263 g/mol. The summed E-state index contributed by atoms with van der Waals surface area (Å²) >= 11 is 0. The zero-order valence-corrected chi connectivity index (χ0v) is 12.9. The fourth-order valence-corrected chi connectivity index (χ4v) is 3.30. The van der Waals surface area contributed by atoms with Gasteiger partial charge < -0.3 is 5.73 Å². The maximum Gasteiger partial charge on any atom is 0.0596 e. The molecular formula is C16H29N3. The summed E-state index contributed by atoms with van der Waals surface area (Å²) in [7, 11) is 0. The molecular weight excluding hydrogens is 234 g/mol. The highest BCUT2D eigenvalue weighted by Crippen LogP contribution is 2.39. The van der Waals surface area contributed by atoms with Gasteiger partial charge >= 0.3 is 0 Å². The van der Waals surface area contributed by atoms with Gasteiger partial charge in [0, 0.05) is 24.7 Å². The predicted molar refractivity (Wildman–Crippen MR) is 80.1 cm³/mol. The van der Waals surface area contributed by atoms with Crippen LogP contribution >= 0.6 is 0 Å². The lowest BCUT2D eigenvalue weighted by atomic mass is 9.71. The molecule has 1 atom stereocenters. The number of hydrogen-bond acceptors (Lipinski definition) is 2. The zero-order chi connectivity index (χ0) is 14.0. The Balaban J connectivity index is 1.95. The molecule has 2 rings (SSSR count). The third-order valence-corrected chi connectivity index (χ3v) is 4.72. The summed E-state index contributed by atoms with van der Waals surface area (Å²) in [5.41, 5.74) is 9.40. The van der Waals surface area contributed by atoms with Crippen molar-refractivity contribution in [3.8, 4) is 0 Å². The lowest BCUT2D eigenvalue weighted by Gasteiger charge is -2.36. The number of rotatable bonds is 4. The first-order valence-corrected chi connectivity index (χ1v) is 7.70. The number of aromatic nitrogens is 2. The molecule has 3 heteroatoms. The third-order valence-electron chi connectivity index (χ3n) is 4.72. The lowest BCUT2D eigenvalue weighted by molar-refractivity contribution is 0.172. The van der Waals surface area contributed by atoms with Gasteiger partial charge in [-0.2, -0.15) is 5.10 Å². The summed E-state index contributed by atoms with van der Waals surface area (Å²) in [6.07, 6.45) is 6.18. The Bertz CT molecular complexity index is 410. The standard InChI is InChI=1S/C16H29N3/c1-5-19-14(10-12(2)18-19)11-15(17)13-6-8-16(3,4)9-7-13/h10,13,15H,5-9,11,17H2,1-4H3. The number of nitrogens with two attached hydrogens (primary N) is 1. The number of aryl methyl sites for hydroxylation is 2. The van der Waals surface area contributed by atoms with Crippen LogP contribution in [-0.4, -0.2) is 15.8 Å². The van der Waals surface area contributed by atoms with Crippen LogP contribution in [-0.2, 0) is 13.0 Å². The van der Waals surface area contributed by atoms with Crippen molar-refractivity contribution in [1.29, 1.82) is 0 Å². The van der Waals surface area contributed by atoms with E-state index in [9.17, 15) is 0 Å². The van der Waals surface area contributed by atoms with Crippen molar-refractivity contribution in [2.24, 2.45) is 17.1 Å². The molecule has 1 heterocycles. The Morgan fingerprint density at radius 1 is 1.42 bits per heavy atom. The van der Waals surface area contributed by atoms with E-state index in [-0.39, 0.29) is 6.04 Å². The first-order valence-electron chi connectivity index (χ1n) is 7.70. The van der Waals surface area contributed by atoms with Gasteiger partial charge in [0.05, 0.1) is 5.69 Å². The summed E-state index contributed by atoms with van der Waals surface area (Å²) in [4.78, 5) is 0. The van der Waals surface area contributed by atoms with Crippen LogP contribution in [0.15, 0.2) is 6.07 Å². The summed E-state index contributed by atoms with van der Waals surface area (Å²) in [6.45, 7) is 9.90. The monoisotopic (exact) mass is 263 g/mol. The van der Waals surface area contributed by atoms with E-state index in [4.69, 9.17) is 5.73 Å². The van der Waals surface area contributed by atoms with E-state index in [1.807, 2.05) is 0 Å². The van der Waals surface area contributed by atoms with Crippen molar-refractivity contribution in [2.75, 3.05) is 0 Å². The van der Waals surface area contributed by atoms with Crippen LogP contribution in [0.2, 0.25) is 0 Å². The van der Waals surface area contributed by atoms with E-state index in [1.165, 1.54) is 31.4 Å². The van der Waals surface area contributed by atoms with Gasteiger partial charge in [0.1, 0.15) is 0 Å². The highest BCUT2D eigenvalue weighted by Gasteiger charge is 2.30. The molecule has 1 aromatic heterocycles. The molecule has 108 valence electrons. The van der Waals surface area contributed by atoms with Gasteiger partial charge in [-0.25, -0.2) is 0 Å². The largest absolute Gasteiger partial charge is 0.327 e. The van der Waals surface area contributed by atoms with Gasteiger partial charge in [0.2, 0.25) is 0 Å². The van der Waals surface area contributed by atoms with E-state index >= 15 is 0 Å². The summed E-state index contributed by atoms with van der Waals surface area (Å²) < 4.78 is 2.10. The molecule has 0 bridgehead atoms. The quantitative estimate of drug-likeness (QED) is 0.906. The second kappa shape index (κ2) is 5.66. The van der Waals surface area contributed by atoms with Crippen molar-refractivity contribution >= 4 is 0 Å². The minimum Gasteiger partial charge on any atom is -0.327 e. The highest BCUT2D eigenvalue weighted by molar-refractivity contribution is 5.10. The molecule has 1 saturated carbocycles. The molecule has 1 unspecified atom stereocenters. The molecule has 1 fully saturated rings. The van der Waals surface area contributed by atoms with Crippen LogP contribution in [0.1, 0.15) is 57.8 Å². The van der Waals surface area contributed by atoms with Crippen molar-refractivity contribution < 1.29 is 0 Å². The van der Waals surface area contributed by atoms with Crippen LogP contribution in [0.3, 0.4) is 0 Å². The molecule has 3 nitrogen and oxygen atoms in total. The Kier molecular flexibility index (Phi) is 4.34. The maximum atomic E-state index is 6.46. The number of nitrogens with zero attached hydrogens (tertiary/aromatic N) is 2. The fraction of sp³-hybridized carbons (Fsp3) is 0.812. The van der Waals surface area contributed by atoms with E-state index in [0.29, 0.717) is 11.3 Å². The average Bonchev–Trinajstić information content (AvgIpc) is 2.69. The zero-order valence-electron chi connectivity index (χ0n) is 12.9. The molecule has 0 spiro atoms. The van der Waals surface area contributed by atoms with Crippen LogP contribution in [0.25, 0.3) is 0 Å². The van der Waals surface area contributed by atoms with Crippen LogP contribution in [0.4, 0.5) is 0 Å². The van der Waals surface area contributed by atoms with Gasteiger partial charge in [-0.3, -0.25) is 4.68 Å². The van der Waals surface area contributed by atoms with E-state index in [0.717, 1.165) is 18.7 Å². The Labute approximate surface area is 117 Å². The summed E-state index contributed by atoms with van der Waals surface area (Å²) in [6, 6.07) is 2.48. The highest BCUT2D eigenvalue weighted by atomic mass is 15.3. The fourth-order valence-electron chi connectivity index (χ4n) is 3.30. The molecule has 0 saturated heterocycles. The van der Waals surface area contributed by atoms with Crippen LogP contribution in [0.5, 0.6) is 0 Å². The smallest absolute Gasteiger partial charge is 0.0596 e. The first kappa shape index (κ1) is 14.6. The summed E-state index contributed by atoms with van der Waals surface area (Å²) in [5.74, 6) is 0.688. The topological polar surface area (TPSA) is 43.8 Å². The van der Waals surface area contributed by atoms with E-state index < -0.39 is 0 Å². The minimum atomic E-state index is 0.289. The van der Waals surface area contributed by atoms with Gasteiger partial charge in [-0.05, 0) is 56.9 Å². The summed E-state index contributed by atoms with van der Waals surface area (Å²) in [5, 5.41) is 4.51. The van der Waals surface area contributed by atoms with Gasteiger partial charge in [-0.15, -0.1) is 0 Å². The van der Waals surface area contributed by atoms with Gasteiger partial charge in [0.15, 0.2) is 0 Å². The minimum absolute atomic E-state index is 0.289. The second-order valence-electron chi connectivity index (χ2n) is 6.96. The molecule has 19 heavy (non-hydrogen) atoms. The molecule has 1 aliphatic carbocycles. The molecule has 1 aromatic rings. The maximum absolute atomic E-state index is 6.46. The van der Waals surface area contributed by atoms with E-state index in [2.05, 4.69) is 43.5 Å². The lowest BCUT2D eigenvalue weighted by Crippen LogP contribution is -2.37. The normalized spacial score (nSPS) is 21.5. The van der Waals surface area contributed by atoms with Crippen molar-refractivity contribution in [2.45, 2.75) is 72.4 Å². The van der Waals surface area contributed by atoms with Crippen LogP contribution < -0.4 is 5.73 Å². The van der Waals surface area contributed by atoms with Crippen molar-refractivity contribution in [3.63, 3.8) is 0 Å². The van der Waals surface area contributed by atoms with Crippen molar-refractivity contribution in [1.82, 2.24) is 9.78 Å². The Morgan fingerprint density at radius 2 is 2.05 bits per heavy atom. The molecule has 1 aliphatic rings. The predicted octanol–water partition coefficient (Wildman–Crippen LogP) is 3.30. The molecule has 0 aliphatic heterocycles. The molecule has 0 aromatic carbocycles. The van der Waals surface area contributed by atoms with Crippen LogP contribution in [0, 0.1) is 18.3 Å². The third kappa shape index (κ3) is 3.59. The van der Waals surface area contributed by atoms with E-state index in [1.54, 1.807) is 0 Å². The second-order valence-corrected chi connectivity index (χ2v) is 6.96.